The maximum atomic E-state index is 14.1. The fraction of sp³-hybridized carbons (Fsp3) is 0.0690. The molecule has 0 spiro atoms. The summed E-state index contributed by atoms with van der Waals surface area (Å²) >= 11 is 0. The molecule has 30 heavy (non-hydrogen) atoms. The molecular weight excluding hydrogens is 364 g/mol. The van der Waals surface area contributed by atoms with Crippen molar-refractivity contribution in [2.24, 2.45) is 0 Å². The summed E-state index contributed by atoms with van der Waals surface area (Å²) in [6.07, 6.45) is 4.40. The van der Waals surface area contributed by atoms with Crippen molar-refractivity contribution < 1.29 is 4.79 Å². The van der Waals surface area contributed by atoms with Crippen molar-refractivity contribution in [2.45, 2.75) is 11.3 Å². The first-order valence-corrected chi connectivity index (χ1v) is 10.3. The Morgan fingerprint density at radius 2 is 1.10 bits per heavy atom. The van der Waals surface area contributed by atoms with Gasteiger partial charge in [0.25, 0.3) is 0 Å². The van der Waals surface area contributed by atoms with Gasteiger partial charge in [-0.2, -0.15) is 0 Å². The Hall–Kier alpha value is -3.71. The van der Waals surface area contributed by atoms with Crippen LogP contribution in [-0.2, 0) is 5.41 Å². The normalized spacial score (nSPS) is 16.6. The molecule has 1 heteroatoms. The number of carbonyl (C=O) groups is 1. The monoisotopic (exact) mass is 386 g/mol. The van der Waals surface area contributed by atoms with Crippen molar-refractivity contribution in [1.29, 1.82) is 0 Å². The summed E-state index contributed by atoms with van der Waals surface area (Å²) in [4.78, 5) is 14.1. The average molecular weight is 386 g/mol. The van der Waals surface area contributed by atoms with Crippen LogP contribution < -0.4 is 0 Å². The number of rotatable bonds is 4. The molecule has 1 nitrogen and oxygen atoms in total. The zero-order chi connectivity index (χ0) is 20.4. The van der Waals surface area contributed by atoms with Crippen LogP contribution in [0.2, 0.25) is 0 Å². The molecule has 5 rings (SSSR count). The lowest BCUT2D eigenvalue weighted by Crippen LogP contribution is -2.39. The maximum Gasteiger partial charge on any atom is 0.171 e. The molecule has 4 aromatic rings. The van der Waals surface area contributed by atoms with Crippen LogP contribution in [0, 0.1) is 0 Å². The minimum absolute atomic E-state index is 0.139. The molecular formula is C29H22O. The summed E-state index contributed by atoms with van der Waals surface area (Å²) in [6.45, 7) is 0. The number of ketones is 1. The van der Waals surface area contributed by atoms with Gasteiger partial charge in [-0.05, 0) is 22.3 Å². The lowest BCUT2D eigenvalue weighted by atomic mass is 9.58. The van der Waals surface area contributed by atoms with Crippen LogP contribution in [0.1, 0.15) is 38.5 Å². The van der Waals surface area contributed by atoms with E-state index in [1.807, 2.05) is 54.6 Å². The SMILES string of the molecule is O=C(c1ccccc1)[C@H]1c2ccccc2C=CC1(c1ccccc1)c1ccccc1. The fourth-order valence-electron chi connectivity index (χ4n) is 4.73. The maximum absolute atomic E-state index is 14.1. The summed E-state index contributed by atoms with van der Waals surface area (Å²) in [5.74, 6) is -0.217. The topological polar surface area (TPSA) is 17.1 Å². The van der Waals surface area contributed by atoms with E-state index in [4.69, 9.17) is 0 Å². The van der Waals surface area contributed by atoms with Crippen LogP contribution in [0.4, 0.5) is 0 Å². The lowest BCUT2D eigenvalue weighted by Gasteiger charge is -2.42. The van der Waals surface area contributed by atoms with E-state index in [2.05, 4.69) is 72.8 Å². The number of fused-ring (bicyclic) bond motifs is 1. The van der Waals surface area contributed by atoms with E-state index < -0.39 is 5.41 Å². The second kappa shape index (κ2) is 7.61. The molecule has 1 aliphatic rings. The Labute approximate surface area is 177 Å². The zero-order valence-electron chi connectivity index (χ0n) is 16.6. The van der Waals surface area contributed by atoms with Crippen molar-refractivity contribution in [3.8, 4) is 0 Å². The highest BCUT2D eigenvalue weighted by Crippen LogP contribution is 2.51. The third-order valence-corrected chi connectivity index (χ3v) is 6.11. The van der Waals surface area contributed by atoms with Gasteiger partial charge in [-0.15, -0.1) is 0 Å². The number of allylic oxidation sites excluding steroid dienone is 1. The molecule has 0 unspecified atom stereocenters. The van der Waals surface area contributed by atoms with E-state index in [1.54, 1.807) is 0 Å². The summed E-state index contributed by atoms with van der Waals surface area (Å²) in [7, 11) is 0. The van der Waals surface area contributed by atoms with Crippen molar-refractivity contribution in [3.63, 3.8) is 0 Å². The number of hydrogen-bond acceptors (Lipinski definition) is 1. The largest absolute Gasteiger partial charge is 0.293 e. The highest BCUT2D eigenvalue weighted by molar-refractivity contribution is 6.04. The second-order valence-corrected chi connectivity index (χ2v) is 7.73. The molecule has 144 valence electrons. The van der Waals surface area contributed by atoms with E-state index in [0.29, 0.717) is 0 Å². The average Bonchev–Trinajstić information content (AvgIpc) is 2.84. The van der Waals surface area contributed by atoms with Crippen LogP contribution in [0.25, 0.3) is 6.08 Å². The Kier molecular flexibility index (Phi) is 4.65. The van der Waals surface area contributed by atoms with Crippen LogP contribution in [-0.4, -0.2) is 5.78 Å². The van der Waals surface area contributed by atoms with Gasteiger partial charge in [-0.1, -0.05) is 127 Å². The summed E-state index contributed by atoms with van der Waals surface area (Å²) < 4.78 is 0. The Morgan fingerprint density at radius 3 is 1.70 bits per heavy atom. The van der Waals surface area contributed by atoms with Gasteiger partial charge in [0.05, 0.1) is 11.3 Å². The van der Waals surface area contributed by atoms with Crippen molar-refractivity contribution >= 4 is 11.9 Å². The number of Topliss-reactive ketones (excluding diaryl/α,β-unsaturated/α-hetero) is 1. The highest BCUT2D eigenvalue weighted by Gasteiger charge is 2.47. The number of carbonyl (C=O) groups excluding carboxylic acids is 1. The van der Waals surface area contributed by atoms with Gasteiger partial charge in [0.1, 0.15) is 0 Å². The van der Waals surface area contributed by atoms with Gasteiger partial charge in [0.15, 0.2) is 5.78 Å². The molecule has 0 heterocycles. The fourth-order valence-corrected chi connectivity index (χ4v) is 4.73. The van der Waals surface area contributed by atoms with Crippen LogP contribution >= 0.6 is 0 Å². The Bertz CT molecular complexity index is 1150. The van der Waals surface area contributed by atoms with Gasteiger partial charge in [-0.25, -0.2) is 0 Å². The van der Waals surface area contributed by atoms with Crippen LogP contribution in [0.5, 0.6) is 0 Å². The zero-order valence-corrected chi connectivity index (χ0v) is 16.6. The summed E-state index contributed by atoms with van der Waals surface area (Å²) in [6, 6.07) is 38.7. The van der Waals surface area contributed by atoms with Crippen molar-refractivity contribution in [3.05, 3.63) is 149 Å². The van der Waals surface area contributed by atoms with E-state index in [9.17, 15) is 4.79 Å². The minimum atomic E-state index is -0.580. The highest BCUT2D eigenvalue weighted by atomic mass is 16.1. The van der Waals surface area contributed by atoms with E-state index >= 15 is 0 Å². The molecule has 0 radical (unpaired) electrons. The minimum Gasteiger partial charge on any atom is -0.293 e. The molecule has 0 saturated heterocycles. The first-order chi connectivity index (χ1) is 14.8. The van der Waals surface area contributed by atoms with Crippen LogP contribution in [0.15, 0.2) is 121 Å². The van der Waals surface area contributed by atoms with Gasteiger partial charge < -0.3 is 0 Å². The molecule has 0 saturated carbocycles. The van der Waals surface area contributed by atoms with Gasteiger partial charge in [0.2, 0.25) is 0 Å². The molecule has 4 aromatic carbocycles. The second-order valence-electron chi connectivity index (χ2n) is 7.73. The molecule has 0 aliphatic heterocycles. The molecule has 0 aromatic heterocycles. The summed E-state index contributed by atoms with van der Waals surface area (Å²) in [5.41, 5.74) is 4.58. The predicted molar refractivity (Wildman–Crippen MR) is 123 cm³/mol. The third-order valence-electron chi connectivity index (χ3n) is 6.11. The van der Waals surface area contributed by atoms with Gasteiger partial charge in [0, 0.05) is 5.56 Å². The van der Waals surface area contributed by atoms with Crippen LogP contribution in [0.3, 0.4) is 0 Å². The molecule has 0 bridgehead atoms. The van der Waals surface area contributed by atoms with Gasteiger partial charge in [-0.3, -0.25) is 4.79 Å². The molecule has 1 aliphatic carbocycles. The molecule has 0 N–H and O–H groups in total. The molecule has 0 amide bonds. The van der Waals surface area contributed by atoms with Crippen molar-refractivity contribution in [2.75, 3.05) is 0 Å². The third kappa shape index (κ3) is 2.91. The van der Waals surface area contributed by atoms with E-state index in [-0.39, 0.29) is 11.7 Å². The molecule has 1 atom stereocenters. The lowest BCUT2D eigenvalue weighted by molar-refractivity contribution is 0.0936. The van der Waals surface area contributed by atoms with Crippen molar-refractivity contribution in [1.82, 2.24) is 0 Å². The predicted octanol–water partition coefficient (Wildman–Crippen LogP) is 6.67. The molecule has 0 fully saturated rings. The smallest absolute Gasteiger partial charge is 0.171 e. The van der Waals surface area contributed by atoms with Gasteiger partial charge >= 0.3 is 0 Å². The first-order valence-electron chi connectivity index (χ1n) is 10.3. The Balaban J connectivity index is 1.83. The number of benzene rings is 4. The quantitative estimate of drug-likeness (QED) is 0.358. The Morgan fingerprint density at radius 1 is 0.600 bits per heavy atom. The van der Waals surface area contributed by atoms with E-state index in [1.165, 1.54) is 0 Å². The van der Waals surface area contributed by atoms with E-state index in [0.717, 1.165) is 27.8 Å². The standard InChI is InChI=1S/C29H22O/c30-28(23-13-4-1-5-14-23)27-26-19-11-10-12-22(26)20-21-29(27,24-15-6-2-7-16-24)25-17-8-3-9-18-25/h1-21,27H/t27-/m1/s1. The first kappa shape index (κ1) is 18.3. The number of hydrogen-bond donors (Lipinski definition) is 0. The summed E-state index contributed by atoms with van der Waals surface area (Å²) in [5, 5.41) is 0.